The summed E-state index contributed by atoms with van der Waals surface area (Å²) in [7, 11) is 0. The average molecular weight is 545 g/mol. The molecule has 0 bridgehead atoms. The number of ketones is 2. The highest BCUT2D eigenvalue weighted by molar-refractivity contribution is 6.30. The number of hydrogen-bond donors (Lipinski definition) is 1. The summed E-state index contributed by atoms with van der Waals surface area (Å²) in [6.45, 7) is 2.02. The average Bonchev–Trinajstić information content (AvgIpc) is 3.45. The van der Waals surface area contributed by atoms with Gasteiger partial charge in [0.05, 0.1) is 12.0 Å². The number of carbonyl (C=O) groups is 3. The second kappa shape index (κ2) is 9.04. The molecule has 3 heterocycles. The molecule has 0 aliphatic carbocycles. The van der Waals surface area contributed by atoms with E-state index in [2.05, 4.69) is 11.4 Å². The normalized spacial score (nSPS) is 24.1. The lowest BCUT2D eigenvalue weighted by Gasteiger charge is -2.39. The van der Waals surface area contributed by atoms with Crippen molar-refractivity contribution in [2.24, 2.45) is 5.92 Å². The molecule has 3 aliphatic heterocycles. The Morgan fingerprint density at radius 1 is 0.800 bits per heavy atom. The van der Waals surface area contributed by atoms with E-state index in [-0.39, 0.29) is 17.5 Å². The van der Waals surface area contributed by atoms with Gasteiger partial charge in [-0.3, -0.25) is 14.4 Å². The number of allylic oxidation sites excluding steroid dienone is 1. The minimum absolute atomic E-state index is 0.229. The standard InChI is InChI=1S/C34H25ClN2O3/c1-20-19-28-34(25-12-6-7-13-26(25)36-33(34)40)29(31(38)21-9-3-2-4-10-21)30(32(39)22-15-17-23(35)18-16-22)37(28)27-14-8-5-11-24(20)27/h2-19,28-30H,1H3,(H,36,40)/t28-,29-,30+,34+/m0/s1. The van der Waals surface area contributed by atoms with Gasteiger partial charge in [-0.2, -0.15) is 0 Å². The van der Waals surface area contributed by atoms with Crippen LogP contribution in [0, 0.1) is 5.92 Å². The Morgan fingerprint density at radius 2 is 1.45 bits per heavy atom. The van der Waals surface area contributed by atoms with Gasteiger partial charge in [-0.1, -0.05) is 84.4 Å². The second-order valence-electron chi connectivity index (χ2n) is 10.6. The van der Waals surface area contributed by atoms with Gasteiger partial charge < -0.3 is 10.2 Å². The highest BCUT2D eigenvalue weighted by Gasteiger charge is 2.70. The molecule has 0 saturated carbocycles. The van der Waals surface area contributed by atoms with Gasteiger partial charge in [0, 0.05) is 33.1 Å². The van der Waals surface area contributed by atoms with Crippen LogP contribution >= 0.6 is 11.6 Å². The molecule has 1 fully saturated rings. The highest BCUT2D eigenvalue weighted by Crippen LogP contribution is 2.58. The van der Waals surface area contributed by atoms with E-state index in [0.29, 0.717) is 21.8 Å². The molecule has 196 valence electrons. The number of nitrogens with one attached hydrogen (secondary N) is 1. The number of carbonyl (C=O) groups excluding carboxylic acids is 3. The molecule has 1 saturated heterocycles. The molecule has 1 spiro atoms. The molecule has 0 unspecified atom stereocenters. The number of rotatable bonds is 4. The lowest BCUT2D eigenvalue weighted by Crippen LogP contribution is -2.51. The van der Waals surface area contributed by atoms with Crippen molar-refractivity contribution in [2.75, 3.05) is 10.2 Å². The first-order chi connectivity index (χ1) is 19.4. The van der Waals surface area contributed by atoms with E-state index in [1.807, 2.05) is 66.4 Å². The quantitative estimate of drug-likeness (QED) is 0.294. The maximum atomic E-state index is 14.7. The molecule has 5 nitrogen and oxygen atoms in total. The van der Waals surface area contributed by atoms with E-state index in [9.17, 15) is 14.4 Å². The zero-order valence-electron chi connectivity index (χ0n) is 21.7. The van der Waals surface area contributed by atoms with E-state index in [1.54, 1.807) is 48.5 Å². The van der Waals surface area contributed by atoms with Crippen LogP contribution < -0.4 is 10.2 Å². The van der Waals surface area contributed by atoms with E-state index in [0.717, 1.165) is 22.4 Å². The molecule has 4 atom stereocenters. The first-order valence-corrected chi connectivity index (χ1v) is 13.7. The summed E-state index contributed by atoms with van der Waals surface area (Å²) in [5.74, 6) is -1.74. The topological polar surface area (TPSA) is 66.5 Å². The van der Waals surface area contributed by atoms with Gasteiger partial charge in [0.15, 0.2) is 11.6 Å². The van der Waals surface area contributed by atoms with Gasteiger partial charge in [-0.25, -0.2) is 0 Å². The number of benzene rings is 4. The molecular formula is C34H25ClN2O3. The van der Waals surface area contributed by atoms with Crippen LogP contribution in [-0.2, 0) is 10.2 Å². The van der Waals surface area contributed by atoms with Crippen LogP contribution in [0.3, 0.4) is 0 Å². The fourth-order valence-electron chi connectivity index (χ4n) is 6.95. The summed E-state index contributed by atoms with van der Waals surface area (Å²) in [5, 5.41) is 3.58. The van der Waals surface area contributed by atoms with Gasteiger partial charge in [-0.05, 0) is 54.5 Å². The van der Waals surface area contributed by atoms with Gasteiger partial charge in [0.1, 0.15) is 11.5 Å². The summed E-state index contributed by atoms with van der Waals surface area (Å²) in [5.41, 5.74) is 3.78. The summed E-state index contributed by atoms with van der Waals surface area (Å²) in [6.07, 6.45) is 2.06. The number of amides is 1. The smallest absolute Gasteiger partial charge is 0.238 e. The van der Waals surface area contributed by atoms with Crippen LogP contribution in [0.2, 0.25) is 5.02 Å². The second-order valence-corrected chi connectivity index (χ2v) is 11.0. The third kappa shape index (κ3) is 3.31. The van der Waals surface area contributed by atoms with Crippen LogP contribution in [0.4, 0.5) is 11.4 Å². The molecule has 4 aromatic carbocycles. The number of Topliss-reactive ketones (excluding diaryl/α,β-unsaturated/α-hetero) is 2. The molecule has 4 aromatic rings. The summed E-state index contributed by atoms with van der Waals surface area (Å²) in [6, 6.07) is 29.6. The van der Waals surface area contributed by atoms with E-state index in [1.165, 1.54) is 0 Å². The molecule has 0 radical (unpaired) electrons. The Hall–Kier alpha value is -4.48. The first-order valence-electron chi connectivity index (χ1n) is 13.3. The lowest BCUT2D eigenvalue weighted by molar-refractivity contribution is -0.121. The zero-order chi connectivity index (χ0) is 27.6. The maximum absolute atomic E-state index is 14.7. The number of nitrogens with zero attached hydrogens (tertiary/aromatic N) is 1. The van der Waals surface area contributed by atoms with Crippen LogP contribution in [0.25, 0.3) is 5.57 Å². The van der Waals surface area contributed by atoms with E-state index in [4.69, 9.17) is 11.6 Å². The van der Waals surface area contributed by atoms with E-state index >= 15 is 0 Å². The Balaban J connectivity index is 1.56. The van der Waals surface area contributed by atoms with Crippen LogP contribution in [0.1, 0.15) is 38.8 Å². The Bertz CT molecular complexity index is 1730. The molecule has 40 heavy (non-hydrogen) atoms. The molecule has 6 heteroatoms. The van der Waals surface area contributed by atoms with Crippen LogP contribution in [-0.4, -0.2) is 29.6 Å². The Morgan fingerprint density at radius 3 is 2.23 bits per heavy atom. The van der Waals surface area contributed by atoms with Crippen molar-refractivity contribution in [3.63, 3.8) is 0 Å². The Kier molecular flexibility index (Phi) is 5.55. The third-order valence-corrected chi connectivity index (χ3v) is 8.87. The fourth-order valence-corrected chi connectivity index (χ4v) is 7.08. The fraction of sp³-hybridized carbons (Fsp3) is 0.147. The van der Waals surface area contributed by atoms with Crippen molar-refractivity contribution < 1.29 is 14.4 Å². The van der Waals surface area contributed by atoms with Crippen LogP contribution in [0.15, 0.2) is 109 Å². The SMILES string of the molecule is CC1=C[C@@H]2N(c3ccccc31)[C@@H](C(=O)c1ccc(Cl)cc1)[C@@H](C(=O)c1ccccc1)[C@]21C(=O)Nc2ccccc21. The van der Waals surface area contributed by atoms with Crippen molar-refractivity contribution >= 4 is 46.0 Å². The van der Waals surface area contributed by atoms with Gasteiger partial charge in [0.25, 0.3) is 0 Å². The van der Waals surface area contributed by atoms with Crippen molar-refractivity contribution in [3.8, 4) is 0 Å². The zero-order valence-corrected chi connectivity index (χ0v) is 22.4. The van der Waals surface area contributed by atoms with Gasteiger partial charge in [0.2, 0.25) is 5.91 Å². The first kappa shape index (κ1) is 24.6. The van der Waals surface area contributed by atoms with Crippen molar-refractivity contribution in [1.29, 1.82) is 0 Å². The molecule has 3 aliphatic rings. The summed E-state index contributed by atoms with van der Waals surface area (Å²) in [4.78, 5) is 45.7. The largest absolute Gasteiger partial charge is 0.352 e. The molecule has 0 aromatic heterocycles. The minimum Gasteiger partial charge on any atom is -0.352 e. The highest BCUT2D eigenvalue weighted by atomic mass is 35.5. The van der Waals surface area contributed by atoms with Gasteiger partial charge >= 0.3 is 0 Å². The van der Waals surface area contributed by atoms with E-state index < -0.39 is 23.4 Å². The molecule has 1 amide bonds. The molecule has 1 N–H and O–H groups in total. The number of hydrogen-bond acceptors (Lipinski definition) is 4. The monoisotopic (exact) mass is 544 g/mol. The Labute approximate surface area is 237 Å². The summed E-state index contributed by atoms with van der Waals surface area (Å²) >= 11 is 6.17. The predicted octanol–water partition coefficient (Wildman–Crippen LogP) is 6.59. The number of fused-ring (bicyclic) bond motifs is 6. The van der Waals surface area contributed by atoms with Gasteiger partial charge in [-0.15, -0.1) is 0 Å². The molecular weight excluding hydrogens is 520 g/mol. The summed E-state index contributed by atoms with van der Waals surface area (Å²) < 4.78 is 0. The van der Waals surface area contributed by atoms with Crippen molar-refractivity contribution in [2.45, 2.75) is 24.4 Å². The third-order valence-electron chi connectivity index (χ3n) is 8.62. The number of halogens is 1. The van der Waals surface area contributed by atoms with Crippen molar-refractivity contribution in [3.05, 3.63) is 136 Å². The van der Waals surface area contributed by atoms with Crippen LogP contribution in [0.5, 0.6) is 0 Å². The maximum Gasteiger partial charge on any atom is 0.238 e. The molecule has 7 rings (SSSR count). The number of para-hydroxylation sites is 2. The predicted molar refractivity (Wildman–Crippen MR) is 157 cm³/mol. The lowest BCUT2D eigenvalue weighted by atomic mass is 9.64. The minimum atomic E-state index is -1.33. The van der Waals surface area contributed by atoms with Crippen molar-refractivity contribution in [1.82, 2.24) is 0 Å². The number of anilines is 2.